The van der Waals surface area contributed by atoms with Gasteiger partial charge in [-0.2, -0.15) is 0 Å². The van der Waals surface area contributed by atoms with Gasteiger partial charge in [-0.3, -0.25) is 0 Å². The molecule has 1 heteroatoms. The summed E-state index contributed by atoms with van der Waals surface area (Å²) in [6.07, 6.45) is 3.05. The van der Waals surface area contributed by atoms with E-state index in [0.29, 0.717) is 0 Å². The molecule has 30 valence electrons. The Bertz CT molecular complexity index is 30.6. The SMILES string of the molecule is [TeH]CC1CC1. The van der Waals surface area contributed by atoms with E-state index in [-0.39, 0.29) is 0 Å². The third-order valence-corrected chi connectivity index (χ3v) is 2.43. The van der Waals surface area contributed by atoms with Crippen molar-refractivity contribution in [2.75, 3.05) is 0 Å². The molecule has 0 radical (unpaired) electrons. The van der Waals surface area contributed by atoms with E-state index in [0.717, 1.165) is 5.92 Å². The topological polar surface area (TPSA) is 0 Å². The van der Waals surface area contributed by atoms with Gasteiger partial charge < -0.3 is 0 Å². The van der Waals surface area contributed by atoms with Gasteiger partial charge in [-0.15, -0.1) is 0 Å². The van der Waals surface area contributed by atoms with Crippen LogP contribution in [0.3, 0.4) is 0 Å². The third kappa shape index (κ3) is 1.11. The van der Waals surface area contributed by atoms with Crippen molar-refractivity contribution in [3.8, 4) is 0 Å². The Morgan fingerprint density at radius 1 is 1.60 bits per heavy atom. The molecule has 1 fully saturated rings. The monoisotopic (exact) mass is 186 g/mol. The van der Waals surface area contributed by atoms with Crippen LogP contribution < -0.4 is 0 Å². The molecular weight excluding hydrogens is 176 g/mol. The zero-order valence-corrected chi connectivity index (χ0v) is 5.70. The summed E-state index contributed by atoms with van der Waals surface area (Å²) >= 11 is 1.96. The van der Waals surface area contributed by atoms with Crippen LogP contribution in [0, 0.1) is 5.92 Å². The summed E-state index contributed by atoms with van der Waals surface area (Å²) in [6, 6.07) is 0. The molecule has 0 nitrogen and oxygen atoms in total. The molecule has 0 aromatic carbocycles. The van der Waals surface area contributed by atoms with Crippen molar-refractivity contribution in [3.63, 3.8) is 0 Å². The van der Waals surface area contributed by atoms with Gasteiger partial charge in [0.15, 0.2) is 0 Å². The van der Waals surface area contributed by atoms with Gasteiger partial charge >= 0.3 is 45.5 Å². The molecule has 5 heavy (non-hydrogen) atoms. The van der Waals surface area contributed by atoms with E-state index in [1.807, 2.05) is 22.3 Å². The Kier molecular flexibility index (Phi) is 1.18. The van der Waals surface area contributed by atoms with Crippen LogP contribution in [0.15, 0.2) is 0 Å². The van der Waals surface area contributed by atoms with Crippen LogP contribution >= 0.6 is 0 Å². The van der Waals surface area contributed by atoms with Crippen molar-refractivity contribution in [1.29, 1.82) is 0 Å². The van der Waals surface area contributed by atoms with E-state index in [4.69, 9.17) is 0 Å². The Morgan fingerprint density at radius 3 is 2.20 bits per heavy atom. The van der Waals surface area contributed by atoms with Crippen molar-refractivity contribution < 1.29 is 0 Å². The summed E-state index contributed by atoms with van der Waals surface area (Å²) < 4.78 is 1.47. The average molecular weight is 184 g/mol. The van der Waals surface area contributed by atoms with Crippen LogP contribution in [0.2, 0.25) is 4.47 Å². The molecule has 0 heterocycles. The van der Waals surface area contributed by atoms with Gasteiger partial charge in [0.05, 0.1) is 0 Å². The molecule has 0 aromatic heterocycles. The Balaban J connectivity index is 2.00. The van der Waals surface area contributed by atoms with E-state index >= 15 is 0 Å². The fraction of sp³-hybridized carbons (Fsp3) is 1.00. The molecule has 0 aliphatic heterocycles. The maximum atomic E-state index is 1.96. The molecule has 0 spiro atoms. The molecule has 0 atom stereocenters. The molecule has 0 bridgehead atoms. The second-order valence-corrected chi connectivity index (χ2v) is 2.67. The van der Waals surface area contributed by atoms with E-state index in [1.165, 1.54) is 17.3 Å². The van der Waals surface area contributed by atoms with Gasteiger partial charge in [-0.1, -0.05) is 0 Å². The predicted molar refractivity (Wildman–Crippen MR) is 24.7 cm³/mol. The van der Waals surface area contributed by atoms with Crippen molar-refractivity contribution >= 4 is 22.3 Å². The second-order valence-electron chi connectivity index (χ2n) is 1.63. The van der Waals surface area contributed by atoms with Crippen LogP contribution in [-0.4, -0.2) is 22.3 Å². The van der Waals surface area contributed by atoms with Crippen LogP contribution in [-0.2, 0) is 0 Å². The van der Waals surface area contributed by atoms with Crippen LogP contribution in [0.1, 0.15) is 12.8 Å². The molecule has 0 saturated heterocycles. The predicted octanol–water partition coefficient (Wildman–Crippen LogP) is 0.716. The first-order valence-corrected chi connectivity index (χ1v) is 3.85. The fourth-order valence-corrected chi connectivity index (χ4v) is 1.34. The van der Waals surface area contributed by atoms with E-state index in [9.17, 15) is 0 Å². The first-order valence-electron chi connectivity index (χ1n) is 2.04. The van der Waals surface area contributed by atoms with Crippen molar-refractivity contribution in [3.05, 3.63) is 0 Å². The van der Waals surface area contributed by atoms with Crippen LogP contribution in [0.4, 0.5) is 0 Å². The molecular formula is C4H8Te. The molecule has 0 N–H and O–H groups in total. The number of hydrogen-bond acceptors (Lipinski definition) is 0. The summed E-state index contributed by atoms with van der Waals surface area (Å²) in [6.45, 7) is 0. The number of hydrogen-bond donors (Lipinski definition) is 0. The van der Waals surface area contributed by atoms with Crippen LogP contribution in [0.5, 0.6) is 0 Å². The maximum absolute atomic E-state index is 1.96. The summed E-state index contributed by atoms with van der Waals surface area (Å²) in [5, 5.41) is 0. The van der Waals surface area contributed by atoms with Crippen molar-refractivity contribution in [2.45, 2.75) is 17.3 Å². The minimum absolute atomic E-state index is 1.16. The van der Waals surface area contributed by atoms with Gasteiger partial charge in [-0.05, 0) is 0 Å². The van der Waals surface area contributed by atoms with Gasteiger partial charge in [0.1, 0.15) is 0 Å². The van der Waals surface area contributed by atoms with E-state index in [1.54, 1.807) is 0 Å². The minimum atomic E-state index is 1.16. The molecule has 1 rings (SSSR count). The fourth-order valence-electron chi connectivity index (χ4n) is 0.300. The third-order valence-electron chi connectivity index (χ3n) is 0.955. The standard InChI is InChI=1S/C4H8Te/c5-3-4-1-2-4/h4-5H,1-3H2. The first-order chi connectivity index (χ1) is 2.43. The van der Waals surface area contributed by atoms with Gasteiger partial charge in [0.2, 0.25) is 0 Å². The zero-order valence-electron chi connectivity index (χ0n) is 3.15. The Hall–Kier alpha value is 0.790. The molecule has 1 saturated carbocycles. The molecule has 1 aliphatic carbocycles. The summed E-state index contributed by atoms with van der Waals surface area (Å²) in [7, 11) is 0. The molecule has 1 aliphatic rings. The second kappa shape index (κ2) is 1.49. The zero-order chi connectivity index (χ0) is 3.70. The van der Waals surface area contributed by atoms with Gasteiger partial charge in [0.25, 0.3) is 0 Å². The quantitative estimate of drug-likeness (QED) is 0.526. The summed E-state index contributed by atoms with van der Waals surface area (Å²) in [5.41, 5.74) is 0. The molecule has 0 aromatic rings. The van der Waals surface area contributed by atoms with E-state index in [2.05, 4.69) is 0 Å². The molecule has 0 unspecified atom stereocenters. The Morgan fingerprint density at radius 2 is 2.20 bits per heavy atom. The van der Waals surface area contributed by atoms with Crippen LogP contribution in [0.25, 0.3) is 0 Å². The first kappa shape index (κ1) is 3.96. The van der Waals surface area contributed by atoms with Crippen molar-refractivity contribution in [2.24, 2.45) is 5.92 Å². The van der Waals surface area contributed by atoms with Crippen molar-refractivity contribution in [1.82, 2.24) is 0 Å². The van der Waals surface area contributed by atoms with Gasteiger partial charge in [0, 0.05) is 0 Å². The van der Waals surface area contributed by atoms with Gasteiger partial charge in [-0.25, -0.2) is 0 Å². The Labute approximate surface area is 45.9 Å². The number of rotatable bonds is 1. The average Bonchev–Trinajstić information content (AvgIpc) is 2.12. The summed E-state index contributed by atoms with van der Waals surface area (Å²) in [4.78, 5) is 0. The van der Waals surface area contributed by atoms with E-state index < -0.39 is 0 Å². The summed E-state index contributed by atoms with van der Waals surface area (Å²) in [5.74, 6) is 1.16. The normalized spacial score (nSPS) is 23.4. The molecule has 0 amide bonds.